The van der Waals surface area contributed by atoms with Crippen LogP contribution in [-0.4, -0.2) is 19.8 Å². The molecule has 1 heterocycles. The summed E-state index contributed by atoms with van der Waals surface area (Å²) in [6.07, 6.45) is 3.24. The van der Waals surface area contributed by atoms with Crippen LogP contribution in [0.2, 0.25) is 0 Å². The average Bonchev–Trinajstić information content (AvgIpc) is 2.37. The number of rotatable bonds is 2. The molecule has 0 radical (unpaired) electrons. The van der Waals surface area contributed by atoms with E-state index in [9.17, 15) is 0 Å². The third kappa shape index (κ3) is 1.45. The summed E-state index contributed by atoms with van der Waals surface area (Å²) in [5.41, 5.74) is 0. The molecule has 1 atom stereocenters. The van der Waals surface area contributed by atoms with Gasteiger partial charge in [0.1, 0.15) is 11.9 Å². The van der Waals surface area contributed by atoms with Gasteiger partial charge in [-0.2, -0.15) is 0 Å². The molecule has 0 saturated heterocycles. The van der Waals surface area contributed by atoms with Crippen LogP contribution in [0.4, 0.5) is 0 Å². The summed E-state index contributed by atoms with van der Waals surface area (Å²) in [7, 11) is 1.69. The second kappa shape index (κ2) is 2.87. The molecular weight excluding hydrogens is 116 g/mol. The lowest BCUT2D eigenvalue weighted by molar-refractivity contribution is 0.0858. The smallest absolute Gasteiger partial charge is 0.121 e. The Kier molecular flexibility index (Phi) is 2.11. The van der Waals surface area contributed by atoms with Gasteiger partial charge < -0.3 is 9.47 Å². The van der Waals surface area contributed by atoms with Gasteiger partial charge in [-0.25, -0.2) is 0 Å². The summed E-state index contributed by atoms with van der Waals surface area (Å²) < 4.78 is 10.3. The van der Waals surface area contributed by atoms with Crippen LogP contribution in [0, 0.1) is 0 Å². The van der Waals surface area contributed by atoms with Crippen LogP contribution < -0.4 is 0 Å². The lowest BCUT2D eigenvalue weighted by Crippen LogP contribution is -2.08. The normalized spacial score (nSPS) is 20.9. The molecule has 1 rings (SSSR count). The first-order chi connectivity index (χ1) is 4.34. The fourth-order valence-electron chi connectivity index (χ4n) is 0.836. The molecule has 0 aromatic carbocycles. The van der Waals surface area contributed by atoms with Crippen molar-refractivity contribution in [3.8, 4) is 0 Å². The van der Waals surface area contributed by atoms with Crippen molar-refractivity contribution in [1.82, 2.24) is 0 Å². The minimum Gasteiger partial charge on any atom is -0.495 e. The van der Waals surface area contributed by atoms with E-state index in [1.165, 1.54) is 0 Å². The van der Waals surface area contributed by atoms with Crippen molar-refractivity contribution in [1.29, 1.82) is 0 Å². The molecule has 0 bridgehead atoms. The number of hydrogen-bond donors (Lipinski definition) is 0. The molecule has 0 saturated carbocycles. The maximum Gasteiger partial charge on any atom is 0.121 e. The molecule has 52 valence electrons. The summed E-state index contributed by atoms with van der Waals surface area (Å²) >= 11 is 0. The summed E-state index contributed by atoms with van der Waals surface area (Å²) in [6, 6.07) is 0. The van der Waals surface area contributed by atoms with E-state index in [2.05, 4.69) is 6.08 Å². The Morgan fingerprint density at radius 3 is 3.00 bits per heavy atom. The molecule has 0 aliphatic carbocycles. The first-order valence-electron chi connectivity index (χ1n) is 3.20. The molecule has 0 N–H and O–H groups in total. The van der Waals surface area contributed by atoms with Gasteiger partial charge in [-0.1, -0.05) is 0 Å². The zero-order valence-electron chi connectivity index (χ0n) is 5.89. The molecule has 0 aromatic heterocycles. The first kappa shape index (κ1) is 6.62. The van der Waals surface area contributed by atoms with Gasteiger partial charge >= 0.3 is 0 Å². The van der Waals surface area contributed by atoms with E-state index in [1.807, 2.05) is 6.92 Å². The molecular formula is C7H12O2. The largest absolute Gasteiger partial charge is 0.495 e. The lowest BCUT2D eigenvalue weighted by Gasteiger charge is -2.09. The van der Waals surface area contributed by atoms with Gasteiger partial charge in [0.05, 0.1) is 6.61 Å². The lowest BCUT2D eigenvalue weighted by atomic mass is 10.3. The van der Waals surface area contributed by atoms with Crippen LogP contribution in [0.25, 0.3) is 0 Å². The van der Waals surface area contributed by atoms with Crippen molar-refractivity contribution in [3.63, 3.8) is 0 Å². The average molecular weight is 128 g/mol. The SMILES string of the molecule is COC(C)C1=CCCO1. The van der Waals surface area contributed by atoms with E-state index in [0.29, 0.717) is 0 Å². The Balaban J connectivity index is 2.40. The topological polar surface area (TPSA) is 18.5 Å². The van der Waals surface area contributed by atoms with E-state index in [1.54, 1.807) is 7.11 Å². The standard InChI is InChI=1S/C7H12O2/c1-6(8-2)7-4-3-5-9-7/h4,6H,3,5H2,1-2H3. The molecule has 1 aliphatic rings. The fourth-order valence-corrected chi connectivity index (χ4v) is 0.836. The van der Waals surface area contributed by atoms with Crippen molar-refractivity contribution >= 4 is 0 Å². The summed E-state index contributed by atoms with van der Waals surface area (Å²) in [5.74, 6) is 0.984. The fraction of sp³-hybridized carbons (Fsp3) is 0.714. The zero-order valence-corrected chi connectivity index (χ0v) is 5.89. The van der Waals surface area contributed by atoms with Crippen LogP contribution in [0.15, 0.2) is 11.8 Å². The van der Waals surface area contributed by atoms with Crippen molar-refractivity contribution in [2.24, 2.45) is 0 Å². The Labute approximate surface area is 55.5 Å². The number of hydrogen-bond acceptors (Lipinski definition) is 2. The second-order valence-corrected chi connectivity index (χ2v) is 2.12. The molecule has 9 heavy (non-hydrogen) atoms. The first-order valence-corrected chi connectivity index (χ1v) is 3.20. The Morgan fingerprint density at radius 1 is 1.78 bits per heavy atom. The molecule has 0 fully saturated rings. The molecule has 1 aliphatic heterocycles. The minimum atomic E-state index is 0.132. The van der Waals surface area contributed by atoms with Crippen LogP contribution >= 0.6 is 0 Å². The van der Waals surface area contributed by atoms with Crippen molar-refractivity contribution < 1.29 is 9.47 Å². The van der Waals surface area contributed by atoms with Gasteiger partial charge in [-0.05, 0) is 13.0 Å². The van der Waals surface area contributed by atoms with Crippen LogP contribution in [0.5, 0.6) is 0 Å². The minimum absolute atomic E-state index is 0.132. The highest BCUT2D eigenvalue weighted by Gasteiger charge is 2.11. The van der Waals surface area contributed by atoms with Gasteiger partial charge in [0.25, 0.3) is 0 Å². The van der Waals surface area contributed by atoms with Crippen molar-refractivity contribution in [2.75, 3.05) is 13.7 Å². The quantitative estimate of drug-likeness (QED) is 0.558. The van der Waals surface area contributed by atoms with Gasteiger partial charge in [0.2, 0.25) is 0 Å². The van der Waals surface area contributed by atoms with E-state index >= 15 is 0 Å². The van der Waals surface area contributed by atoms with Gasteiger partial charge in [-0.3, -0.25) is 0 Å². The Bertz CT molecular complexity index is 118. The second-order valence-electron chi connectivity index (χ2n) is 2.12. The molecule has 1 unspecified atom stereocenters. The molecule has 2 nitrogen and oxygen atoms in total. The van der Waals surface area contributed by atoms with Crippen LogP contribution in [-0.2, 0) is 9.47 Å². The molecule has 0 aromatic rings. The van der Waals surface area contributed by atoms with Crippen molar-refractivity contribution in [3.05, 3.63) is 11.8 Å². The molecule has 2 heteroatoms. The van der Waals surface area contributed by atoms with E-state index < -0.39 is 0 Å². The van der Waals surface area contributed by atoms with Crippen LogP contribution in [0.3, 0.4) is 0 Å². The van der Waals surface area contributed by atoms with Crippen LogP contribution in [0.1, 0.15) is 13.3 Å². The predicted octanol–water partition coefficient (Wildman–Crippen LogP) is 1.33. The number of methoxy groups -OCH3 is 1. The van der Waals surface area contributed by atoms with E-state index in [-0.39, 0.29) is 6.10 Å². The van der Waals surface area contributed by atoms with Gasteiger partial charge in [0.15, 0.2) is 0 Å². The Hall–Kier alpha value is -0.500. The number of ether oxygens (including phenoxy) is 2. The maximum atomic E-state index is 5.24. The van der Waals surface area contributed by atoms with Gasteiger partial charge in [-0.15, -0.1) is 0 Å². The van der Waals surface area contributed by atoms with E-state index in [4.69, 9.17) is 9.47 Å². The third-order valence-corrected chi connectivity index (χ3v) is 1.49. The monoisotopic (exact) mass is 128 g/mol. The maximum absolute atomic E-state index is 5.24. The summed E-state index contributed by atoms with van der Waals surface area (Å²) in [5, 5.41) is 0. The molecule has 0 spiro atoms. The predicted molar refractivity (Wildman–Crippen MR) is 35.1 cm³/mol. The van der Waals surface area contributed by atoms with E-state index in [0.717, 1.165) is 18.8 Å². The highest BCUT2D eigenvalue weighted by molar-refractivity contribution is 5.02. The highest BCUT2D eigenvalue weighted by Crippen LogP contribution is 2.14. The summed E-state index contributed by atoms with van der Waals surface area (Å²) in [6.45, 7) is 2.81. The zero-order chi connectivity index (χ0) is 6.69. The molecule has 0 amide bonds. The third-order valence-electron chi connectivity index (χ3n) is 1.49. The van der Waals surface area contributed by atoms with Gasteiger partial charge in [0, 0.05) is 13.5 Å². The van der Waals surface area contributed by atoms with Crippen molar-refractivity contribution in [2.45, 2.75) is 19.4 Å². The summed E-state index contributed by atoms with van der Waals surface area (Å²) in [4.78, 5) is 0. The Morgan fingerprint density at radius 2 is 2.56 bits per heavy atom. The highest BCUT2D eigenvalue weighted by atomic mass is 16.5.